The van der Waals surface area contributed by atoms with Gasteiger partial charge in [0, 0.05) is 18.7 Å². The number of pyridine rings is 1. The van der Waals surface area contributed by atoms with Crippen LogP contribution in [0.15, 0.2) is 95.9 Å². The molecule has 0 saturated heterocycles. The molecule has 0 bridgehead atoms. The predicted octanol–water partition coefficient (Wildman–Crippen LogP) is 4.86. The lowest BCUT2D eigenvalue weighted by molar-refractivity contribution is 0.0957. The fourth-order valence-electron chi connectivity index (χ4n) is 3.97. The molecule has 158 valence electrons. The number of rotatable bonds is 6. The molecule has 0 aliphatic carbocycles. The summed E-state index contributed by atoms with van der Waals surface area (Å²) in [5.41, 5.74) is 2.86. The molecule has 3 aromatic heterocycles. The van der Waals surface area contributed by atoms with Gasteiger partial charge in [0.15, 0.2) is 0 Å². The van der Waals surface area contributed by atoms with Crippen LogP contribution in [0.4, 0.5) is 0 Å². The molecule has 2 aromatic carbocycles. The van der Waals surface area contributed by atoms with Crippen LogP contribution in [0.2, 0.25) is 0 Å². The molecule has 5 aromatic rings. The van der Waals surface area contributed by atoms with Crippen LogP contribution in [-0.2, 0) is 0 Å². The number of aromatic nitrogens is 2. The van der Waals surface area contributed by atoms with Crippen molar-refractivity contribution in [3.8, 4) is 0 Å². The van der Waals surface area contributed by atoms with Gasteiger partial charge in [-0.25, -0.2) is 4.98 Å². The second-order valence-corrected chi connectivity index (χ2v) is 8.62. The van der Waals surface area contributed by atoms with E-state index in [1.807, 2.05) is 42.5 Å². The lowest BCUT2D eigenvalue weighted by Crippen LogP contribution is -2.25. The Morgan fingerprint density at radius 1 is 0.938 bits per heavy atom. The molecule has 0 unspecified atom stereocenters. The first kappa shape index (κ1) is 20.2. The van der Waals surface area contributed by atoms with E-state index in [4.69, 9.17) is 0 Å². The zero-order chi connectivity index (χ0) is 21.9. The molecule has 1 amide bonds. The summed E-state index contributed by atoms with van der Waals surface area (Å²) in [6.45, 7) is 0.524. The topological polar surface area (TPSA) is 63.5 Å². The van der Waals surface area contributed by atoms with Crippen LogP contribution in [0.5, 0.6) is 0 Å². The Morgan fingerprint density at radius 2 is 1.59 bits per heavy atom. The summed E-state index contributed by atoms with van der Waals surface area (Å²) >= 11 is 1.25. The van der Waals surface area contributed by atoms with Crippen molar-refractivity contribution in [2.45, 2.75) is 12.3 Å². The van der Waals surface area contributed by atoms with Gasteiger partial charge in [0.1, 0.15) is 10.5 Å². The number of nitrogens with zero attached hydrogens (tertiary/aromatic N) is 2. The third-order valence-corrected chi connectivity index (χ3v) is 6.59. The average Bonchev–Trinajstić information content (AvgIpc) is 3.28. The highest BCUT2D eigenvalue weighted by molar-refractivity contribution is 7.20. The van der Waals surface area contributed by atoms with Crippen LogP contribution in [-0.4, -0.2) is 21.8 Å². The summed E-state index contributed by atoms with van der Waals surface area (Å²) in [4.78, 5) is 31.2. The molecule has 6 heteroatoms. The Hall–Kier alpha value is -3.77. The van der Waals surface area contributed by atoms with Crippen molar-refractivity contribution in [2.75, 3.05) is 6.54 Å². The van der Waals surface area contributed by atoms with E-state index in [1.54, 1.807) is 24.4 Å². The second kappa shape index (κ2) is 8.77. The minimum absolute atomic E-state index is 0.158. The first-order chi connectivity index (χ1) is 15.7. The molecular weight excluding hydrogens is 418 g/mol. The predicted molar refractivity (Wildman–Crippen MR) is 129 cm³/mol. The van der Waals surface area contributed by atoms with Crippen LogP contribution in [0, 0.1) is 0 Å². The smallest absolute Gasteiger partial charge is 0.266 e. The van der Waals surface area contributed by atoms with Crippen molar-refractivity contribution in [3.63, 3.8) is 0 Å². The van der Waals surface area contributed by atoms with Gasteiger partial charge in [-0.05, 0) is 35.7 Å². The summed E-state index contributed by atoms with van der Waals surface area (Å²) in [7, 11) is 0. The van der Waals surface area contributed by atoms with Crippen LogP contribution >= 0.6 is 11.3 Å². The summed E-state index contributed by atoms with van der Waals surface area (Å²) in [5.74, 6) is 0.0121. The van der Waals surface area contributed by atoms with Crippen molar-refractivity contribution in [2.24, 2.45) is 0 Å². The van der Waals surface area contributed by atoms with Gasteiger partial charge in [0.05, 0.1) is 10.3 Å². The summed E-state index contributed by atoms with van der Waals surface area (Å²) in [6.07, 6.45) is 2.46. The lowest BCUT2D eigenvalue weighted by Gasteiger charge is -2.18. The van der Waals surface area contributed by atoms with Crippen LogP contribution < -0.4 is 10.9 Å². The number of thiophene rings is 1. The molecule has 5 nitrogen and oxygen atoms in total. The van der Waals surface area contributed by atoms with E-state index in [1.165, 1.54) is 26.9 Å². The van der Waals surface area contributed by atoms with Gasteiger partial charge in [-0.1, -0.05) is 66.7 Å². The van der Waals surface area contributed by atoms with Gasteiger partial charge in [-0.2, -0.15) is 0 Å². The first-order valence-corrected chi connectivity index (χ1v) is 11.3. The third-order valence-electron chi connectivity index (χ3n) is 5.56. The molecule has 0 radical (unpaired) electrons. The number of fused-ring (bicyclic) bond motifs is 2. The van der Waals surface area contributed by atoms with Gasteiger partial charge >= 0.3 is 0 Å². The minimum atomic E-state index is -0.179. The molecule has 0 saturated carbocycles. The maximum Gasteiger partial charge on any atom is 0.266 e. The largest absolute Gasteiger partial charge is 0.351 e. The number of carbonyl (C=O) groups is 1. The standard InChI is InChI=1S/C26H21N3O2S/c30-24(22-17-21-25(32-22)28-23-13-7-8-16-29(23)26(21)31)27-15-14-20(18-9-3-1-4-10-18)19-11-5-2-6-12-19/h1-13,16-17,20H,14-15H2,(H,27,30). The number of benzene rings is 2. The van der Waals surface area contributed by atoms with E-state index in [0.717, 1.165) is 6.42 Å². The lowest BCUT2D eigenvalue weighted by atomic mass is 9.88. The molecule has 1 N–H and O–H groups in total. The fraction of sp³-hybridized carbons (Fsp3) is 0.115. The Balaban J connectivity index is 1.35. The minimum Gasteiger partial charge on any atom is -0.351 e. The molecule has 0 aliphatic heterocycles. The third kappa shape index (κ3) is 3.92. The van der Waals surface area contributed by atoms with E-state index in [2.05, 4.69) is 34.6 Å². The van der Waals surface area contributed by atoms with E-state index >= 15 is 0 Å². The summed E-state index contributed by atoms with van der Waals surface area (Å²) in [6, 6.07) is 27.7. The van der Waals surface area contributed by atoms with Gasteiger partial charge in [-0.15, -0.1) is 11.3 Å². The van der Waals surface area contributed by atoms with E-state index in [0.29, 0.717) is 27.3 Å². The van der Waals surface area contributed by atoms with Crippen LogP contribution in [0.25, 0.3) is 15.9 Å². The molecule has 32 heavy (non-hydrogen) atoms. The van der Waals surface area contributed by atoms with Crippen molar-refractivity contribution >= 4 is 33.1 Å². The molecular formula is C26H21N3O2S. The Kier molecular flexibility index (Phi) is 5.52. The Bertz CT molecular complexity index is 1400. The Labute approximate surface area is 189 Å². The SMILES string of the molecule is O=C(NCCC(c1ccccc1)c1ccccc1)c1cc2c(=O)n3ccccc3nc2s1. The van der Waals surface area contributed by atoms with Crippen molar-refractivity contribution < 1.29 is 4.79 Å². The molecule has 0 aliphatic rings. The highest BCUT2D eigenvalue weighted by atomic mass is 32.1. The van der Waals surface area contributed by atoms with Crippen molar-refractivity contribution in [1.82, 2.24) is 14.7 Å². The highest BCUT2D eigenvalue weighted by Gasteiger charge is 2.17. The monoisotopic (exact) mass is 439 g/mol. The van der Waals surface area contributed by atoms with E-state index in [9.17, 15) is 9.59 Å². The first-order valence-electron chi connectivity index (χ1n) is 10.5. The van der Waals surface area contributed by atoms with Gasteiger partial charge in [0.25, 0.3) is 11.5 Å². The van der Waals surface area contributed by atoms with Crippen LogP contribution in [0.3, 0.4) is 0 Å². The number of hydrogen-bond acceptors (Lipinski definition) is 4. The van der Waals surface area contributed by atoms with E-state index in [-0.39, 0.29) is 17.4 Å². The van der Waals surface area contributed by atoms with Crippen molar-refractivity contribution in [1.29, 1.82) is 0 Å². The van der Waals surface area contributed by atoms with Gasteiger partial charge < -0.3 is 5.32 Å². The molecule has 0 fully saturated rings. The maximum atomic E-state index is 12.8. The zero-order valence-electron chi connectivity index (χ0n) is 17.3. The molecule has 5 rings (SSSR count). The number of carbonyl (C=O) groups excluding carboxylic acids is 1. The normalized spacial score (nSPS) is 11.3. The number of amides is 1. The number of nitrogens with one attached hydrogen (secondary N) is 1. The fourth-order valence-corrected chi connectivity index (χ4v) is 4.92. The van der Waals surface area contributed by atoms with Gasteiger partial charge in [0.2, 0.25) is 0 Å². The second-order valence-electron chi connectivity index (χ2n) is 7.59. The molecule has 3 heterocycles. The summed E-state index contributed by atoms with van der Waals surface area (Å²) in [5, 5.41) is 3.49. The van der Waals surface area contributed by atoms with Crippen molar-refractivity contribution in [3.05, 3.63) is 117 Å². The molecule has 0 spiro atoms. The quantitative estimate of drug-likeness (QED) is 0.411. The van der Waals surface area contributed by atoms with E-state index < -0.39 is 0 Å². The average molecular weight is 440 g/mol. The van der Waals surface area contributed by atoms with Crippen LogP contribution in [0.1, 0.15) is 33.1 Å². The maximum absolute atomic E-state index is 12.8. The zero-order valence-corrected chi connectivity index (χ0v) is 18.1. The Morgan fingerprint density at radius 3 is 2.28 bits per heavy atom. The summed E-state index contributed by atoms with van der Waals surface area (Å²) < 4.78 is 1.50. The molecule has 0 atom stereocenters. The van der Waals surface area contributed by atoms with Gasteiger partial charge in [-0.3, -0.25) is 14.0 Å². The number of hydrogen-bond donors (Lipinski definition) is 1. The highest BCUT2D eigenvalue weighted by Crippen LogP contribution is 2.27.